The van der Waals surface area contributed by atoms with Crippen LogP contribution >= 0.6 is 0 Å². The van der Waals surface area contributed by atoms with Crippen LogP contribution in [-0.2, 0) is 29.1 Å². The van der Waals surface area contributed by atoms with Crippen LogP contribution in [0.4, 0.5) is 0 Å². The van der Waals surface area contributed by atoms with Crippen molar-refractivity contribution < 1.29 is 31.4 Å². The lowest BCUT2D eigenvalue weighted by molar-refractivity contribution is -0.0401. The van der Waals surface area contributed by atoms with E-state index in [0.717, 1.165) is 0 Å². The fourth-order valence-corrected chi connectivity index (χ4v) is 7.69. The summed E-state index contributed by atoms with van der Waals surface area (Å²) in [5.41, 5.74) is 0. The molecule has 1 saturated heterocycles. The molecule has 1 aromatic carbocycles. The molecule has 1 fully saturated rings. The summed E-state index contributed by atoms with van der Waals surface area (Å²) in [7, 11) is -8.28. The molecule has 22 heavy (non-hydrogen) atoms. The predicted octanol–water partition coefficient (Wildman–Crippen LogP) is 0.0861. The van der Waals surface area contributed by atoms with E-state index in [4.69, 9.17) is 9.47 Å². The van der Waals surface area contributed by atoms with Crippen molar-refractivity contribution in [3.05, 3.63) is 24.3 Å². The summed E-state index contributed by atoms with van der Waals surface area (Å²) in [5.74, 6) is 0. The molecule has 2 aliphatic rings. The summed E-state index contributed by atoms with van der Waals surface area (Å²) in [6, 6.07) is 5.43. The van der Waals surface area contributed by atoms with Crippen molar-refractivity contribution in [2.24, 2.45) is 0 Å². The van der Waals surface area contributed by atoms with Crippen LogP contribution in [0.25, 0.3) is 0 Å². The van der Waals surface area contributed by atoms with Crippen LogP contribution in [0.3, 0.4) is 0 Å². The van der Waals surface area contributed by atoms with Crippen molar-refractivity contribution in [1.29, 1.82) is 0 Å². The van der Waals surface area contributed by atoms with E-state index in [1.165, 1.54) is 24.3 Å². The van der Waals surface area contributed by atoms with Gasteiger partial charge in [-0.05, 0) is 19.1 Å². The average molecular weight is 348 g/mol. The second kappa shape index (κ2) is 5.27. The molecular weight excluding hydrogens is 332 g/mol. The first-order valence-electron chi connectivity index (χ1n) is 6.77. The zero-order valence-corrected chi connectivity index (χ0v) is 13.4. The molecule has 122 valence electrons. The fourth-order valence-electron chi connectivity index (χ4n) is 2.81. The van der Waals surface area contributed by atoms with Gasteiger partial charge in [0.25, 0.3) is 4.77 Å². The SMILES string of the molecule is C[C@H]1C[C@@H](OC2S(=O)(=O)c3ccccc3S2(=O)=O)[C@@H](CO)O1. The van der Waals surface area contributed by atoms with E-state index in [-0.39, 0.29) is 22.5 Å². The Balaban J connectivity index is 1.99. The van der Waals surface area contributed by atoms with Crippen molar-refractivity contribution in [1.82, 2.24) is 0 Å². The number of hydrogen-bond donors (Lipinski definition) is 1. The molecule has 3 rings (SSSR count). The van der Waals surface area contributed by atoms with Gasteiger partial charge in [-0.15, -0.1) is 0 Å². The molecule has 1 aromatic rings. The van der Waals surface area contributed by atoms with Gasteiger partial charge in [0.2, 0.25) is 19.7 Å². The van der Waals surface area contributed by atoms with E-state index in [9.17, 15) is 21.9 Å². The number of hydrogen-bond acceptors (Lipinski definition) is 7. The van der Waals surface area contributed by atoms with E-state index in [1.54, 1.807) is 6.92 Å². The second-order valence-electron chi connectivity index (χ2n) is 5.40. The predicted molar refractivity (Wildman–Crippen MR) is 75.5 cm³/mol. The van der Waals surface area contributed by atoms with Crippen LogP contribution in [0.1, 0.15) is 13.3 Å². The fraction of sp³-hybridized carbons (Fsp3) is 0.538. The standard InChI is InChI=1S/C13H16O7S2/c1-8-6-9(10(7-14)19-8)20-13-21(15,16)11-4-2-3-5-12(11)22(13,17)18/h2-5,8-10,13-14H,6-7H2,1H3/t8-,9+,10+/m0/s1. The Kier molecular flexibility index (Phi) is 3.81. The average Bonchev–Trinajstić information content (AvgIpc) is 2.90. The summed E-state index contributed by atoms with van der Waals surface area (Å²) >= 11 is 0. The number of aliphatic hydroxyl groups excluding tert-OH is 1. The molecule has 0 aliphatic carbocycles. The minimum atomic E-state index is -4.14. The first-order valence-corrected chi connectivity index (χ1v) is 9.86. The number of fused-ring (bicyclic) bond motifs is 1. The zero-order chi connectivity index (χ0) is 16.1. The summed E-state index contributed by atoms with van der Waals surface area (Å²) in [5, 5.41) is 9.26. The molecule has 0 aromatic heterocycles. The van der Waals surface area contributed by atoms with E-state index < -0.39 is 36.7 Å². The second-order valence-corrected chi connectivity index (χ2v) is 9.62. The molecule has 0 spiro atoms. The highest BCUT2D eigenvalue weighted by Gasteiger charge is 2.52. The Morgan fingerprint density at radius 1 is 1.18 bits per heavy atom. The largest absolute Gasteiger partial charge is 0.394 e. The lowest BCUT2D eigenvalue weighted by Gasteiger charge is -2.20. The highest BCUT2D eigenvalue weighted by Crippen LogP contribution is 2.40. The van der Waals surface area contributed by atoms with Crippen LogP contribution < -0.4 is 0 Å². The minimum Gasteiger partial charge on any atom is -0.394 e. The lowest BCUT2D eigenvalue weighted by Crippen LogP contribution is -2.36. The maximum absolute atomic E-state index is 12.5. The molecule has 1 N–H and O–H groups in total. The molecule has 0 bridgehead atoms. The number of ether oxygens (including phenoxy) is 2. The summed E-state index contributed by atoms with van der Waals surface area (Å²) in [6.45, 7) is 1.38. The first-order chi connectivity index (χ1) is 10.3. The van der Waals surface area contributed by atoms with Gasteiger partial charge in [-0.25, -0.2) is 16.8 Å². The van der Waals surface area contributed by atoms with Gasteiger partial charge in [0.15, 0.2) is 0 Å². The van der Waals surface area contributed by atoms with Crippen molar-refractivity contribution in [3.63, 3.8) is 0 Å². The Bertz CT molecular complexity index is 731. The first kappa shape index (κ1) is 15.9. The molecule has 2 heterocycles. The van der Waals surface area contributed by atoms with E-state index in [0.29, 0.717) is 6.42 Å². The monoisotopic (exact) mass is 348 g/mol. The van der Waals surface area contributed by atoms with E-state index >= 15 is 0 Å². The zero-order valence-electron chi connectivity index (χ0n) is 11.7. The lowest BCUT2D eigenvalue weighted by atomic mass is 10.1. The minimum absolute atomic E-state index is 0.240. The highest BCUT2D eigenvalue weighted by molar-refractivity contribution is 8.11. The topological polar surface area (TPSA) is 107 Å². The molecule has 2 aliphatic heterocycles. The third-order valence-electron chi connectivity index (χ3n) is 3.82. The smallest absolute Gasteiger partial charge is 0.270 e. The third-order valence-corrected chi connectivity index (χ3v) is 8.64. The van der Waals surface area contributed by atoms with Gasteiger partial charge in [-0.1, -0.05) is 12.1 Å². The maximum Gasteiger partial charge on any atom is 0.270 e. The van der Waals surface area contributed by atoms with Crippen molar-refractivity contribution in [2.75, 3.05) is 6.61 Å². The Labute approximate surface area is 128 Å². The summed E-state index contributed by atoms with van der Waals surface area (Å²) in [4.78, 5) is -0.486. The van der Waals surface area contributed by atoms with Crippen molar-refractivity contribution >= 4 is 19.7 Å². The van der Waals surface area contributed by atoms with Crippen LogP contribution in [0.5, 0.6) is 0 Å². The molecular formula is C13H16O7S2. The van der Waals surface area contributed by atoms with Gasteiger partial charge >= 0.3 is 0 Å². The van der Waals surface area contributed by atoms with Gasteiger partial charge in [0.05, 0.1) is 28.6 Å². The van der Waals surface area contributed by atoms with Gasteiger partial charge in [0.1, 0.15) is 6.10 Å². The van der Waals surface area contributed by atoms with Gasteiger partial charge in [0, 0.05) is 6.42 Å². The quantitative estimate of drug-likeness (QED) is 0.824. The van der Waals surface area contributed by atoms with E-state index in [2.05, 4.69) is 0 Å². The Morgan fingerprint density at radius 2 is 1.73 bits per heavy atom. The summed E-state index contributed by atoms with van der Waals surface area (Å²) < 4.78 is 58.6. The van der Waals surface area contributed by atoms with Gasteiger partial charge in [-0.2, -0.15) is 0 Å². The van der Waals surface area contributed by atoms with E-state index in [1.807, 2.05) is 0 Å². The number of sulfone groups is 2. The molecule has 0 amide bonds. The van der Waals surface area contributed by atoms with Gasteiger partial charge in [-0.3, -0.25) is 0 Å². The van der Waals surface area contributed by atoms with Crippen LogP contribution in [0.2, 0.25) is 0 Å². The van der Waals surface area contributed by atoms with Crippen molar-refractivity contribution in [2.45, 2.75) is 46.2 Å². The van der Waals surface area contributed by atoms with Crippen LogP contribution in [-0.4, -0.2) is 51.6 Å². The Hall–Kier alpha value is -1.00. The van der Waals surface area contributed by atoms with Crippen LogP contribution in [0, 0.1) is 0 Å². The normalized spacial score (nSPS) is 32.9. The Morgan fingerprint density at radius 3 is 2.23 bits per heavy atom. The molecule has 0 saturated carbocycles. The summed E-state index contributed by atoms with van der Waals surface area (Å²) in [6.07, 6.45) is -1.44. The number of rotatable bonds is 3. The number of benzene rings is 1. The van der Waals surface area contributed by atoms with Crippen LogP contribution in [0.15, 0.2) is 34.1 Å². The molecule has 0 unspecified atom stereocenters. The van der Waals surface area contributed by atoms with Crippen molar-refractivity contribution in [3.8, 4) is 0 Å². The molecule has 7 nitrogen and oxygen atoms in total. The molecule has 9 heteroatoms. The third kappa shape index (κ3) is 2.28. The maximum atomic E-state index is 12.5. The highest BCUT2D eigenvalue weighted by atomic mass is 32.3. The molecule has 0 radical (unpaired) electrons. The number of aliphatic hydroxyl groups is 1. The van der Waals surface area contributed by atoms with Gasteiger partial charge < -0.3 is 14.6 Å². The molecule has 3 atom stereocenters.